The van der Waals surface area contributed by atoms with Crippen molar-refractivity contribution in [3.8, 4) is 5.69 Å². The van der Waals surface area contributed by atoms with E-state index in [0.29, 0.717) is 0 Å². The molecule has 2 aromatic carbocycles. The highest BCUT2D eigenvalue weighted by atomic mass is 15.0. The zero-order valence-electron chi connectivity index (χ0n) is 14.1. The summed E-state index contributed by atoms with van der Waals surface area (Å²) in [4.78, 5) is 8.52. The normalized spacial score (nSPS) is 11.2. The number of benzene rings is 2. The second kappa shape index (κ2) is 7.32. The molecule has 2 heterocycles. The molecule has 5 nitrogen and oxygen atoms in total. The highest BCUT2D eigenvalue weighted by Crippen LogP contribution is 2.18. The van der Waals surface area contributed by atoms with Crippen molar-refractivity contribution in [3.05, 3.63) is 79.1 Å². The summed E-state index contributed by atoms with van der Waals surface area (Å²) >= 11 is 0. The van der Waals surface area contributed by atoms with Crippen molar-refractivity contribution >= 4 is 11.0 Å². The van der Waals surface area contributed by atoms with E-state index in [2.05, 4.69) is 54.8 Å². The molecular formula is C20H22N5+. The fourth-order valence-corrected chi connectivity index (χ4v) is 3.06. The Morgan fingerprint density at radius 1 is 0.960 bits per heavy atom. The highest BCUT2D eigenvalue weighted by Gasteiger charge is 2.04. The number of aryl methyl sites for hydroxylation is 1. The maximum Gasteiger partial charge on any atom is 0.101 e. The predicted octanol–water partition coefficient (Wildman–Crippen LogP) is 2.38. The number of hydrogen-bond donors (Lipinski definition) is 1. The van der Waals surface area contributed by atoms with E-state index in [1.807, 2.05) is 43.2 Å². The van der Waals surface area contributed by atoms with E-state index in [4.69, 9.17) is 0 Å². The van der Waals surface area contributed by atoms with Crippen LogP contribution in [0.15, 0.2) is 73.6 Å². The number of imidazole rings is 2. The first-order valence-electron chi connectivity index (χ1n) is 8.69. The van der Waals surface area contributed by atoms with Gasteiger partial charge in [0.15, 0.2) is 0 Å². The van der Waals surface area contributed by atoms with Crippen LogP contribution in [0.3, 0.4) is 0 Å². The molecule has 0 radical (unpaired) electrons. The van der Waals surface area contributed by atoms with Crippen LogP contribution < -0.4 is 5.32 Å². The van der Waals surface area contributed by atoms with Crippen LogP contribution in [0.4, 0.5) is 0 Å². The van der Waals surface area contributed by atoms with Crippen molar-refractivity contribution in [2.24, 2.45) is 0 Å². The summed E-state index contributed by atoms with van der Waals surface area (Å²) < 4.78 is 4.26. The van der Waals surface area contributed by atoms with Crippen molar-refractivity contribution in [1.29, 1.82) is 0 Å². The molecule has 4 aromatic rings. The number of quaternary nitrogens is 1. The fourth-order valence-electron chi connectivity index (χ4n) is 3.06. The average molecular weight is 332 g/mol. The smallest absolute Gasteiger partial charge is 0.101 e. The zero-order valence-corrected chi connectivity index (χ0v) is 14.1. The predicted molar refractivity (Wildman–Crippen MR) is 98.4 cm³/mol. The van der Waals surface area contributed by atoms with Gasteiger partial charge in [0, 0.05) is 36.6 Å². The Bertz CT molecular complexity index is 922. The van der Waals surface area contributed by atoms with Crippen molar-refractivity contribution in [2.45, 2.75) is 19.5 Å². The van der Waals surface area contributed by atoms with Gasteiger partial charge in [-0.25, -0.2) is 9.97 Å². The summed E-state index contributed by atoms with van der Waals surface area (Å²) in [6.07, 6.45) is 8.75. The van der Waals surface area contributed by atoms with Gasteiger partial charge in [-0.2, -0.15) is 0 Å². The lowest BCUT2D eigenvalue weighted by molar-refractivity contribution is -0.671. The summed E-state index contributed by atoms with van der Waals surface area (Å²) in [5, 5.41) is 2.36. The molecule has 2 aromatic heterocycles. The molecule has 4 rings (SSSR count). The molecule has 0 aliphatic rings. The third-order valence-electron chi connectivity index (χ3n) is 4.43. The number of rotatable bonds is 7. The second-order valence-electron chi connectivity index (χ2n) is 6.21. The fraction of sp³-hybridized carbons (Fsp3) is 0.200. The Morgan fingerprint density at radius 3 is 2.68 bits per heavy atom. The minimum Gasteiger partial charge on any atom is -0.342 e. The lowest BCUT2D eigenvalue weighted by atomic mass is 10.2. The zero-order chi connectivity index (χ0) is 16.9. The van der Waals surface area contributed by atoms with Gasteiger partial charge in [-0.05, 0) is 24.3 Å². The van der Waals surface area contributed by atoms with Gasteiger partial charge in [-0.1, -0.05) is 24.3 Å². The molecule has 0 saturated heterocycles. The topological polar surface area (TPSA) is 52.2 Å². The van der Waals surface area contributed by atoms with Crippen LogP contribution in [0.25, 0.3) is 16.7 Å². The molecule has 0 aliphatic carbocycles. The van der Waals surface area contributed by atoms with E-state index in [1.54, 1.807) is 0 Å². The first kappa shape index (κ1) is 15.6. The van der Waals surface area contributed by atoms with Gasteiger partial charge in [0.2, 0.25) is 0 Å². The van der Waals surface area contributed by atoms with Crippen LogP contribution in [0.5, 0.6) is 0 Å². The molecule has 0 fully saturated rings. The van der Waals surface area contributed by atoms with Crippen molar-refractivity contribution in [3.63, 3.8) is 0 Å². The van der Waals surface area contributed by atoms with Crippen LogP contribution in [0.2, 0.25) is 0 Å². The molecular weight excluding hydrogens is 310 g/mol. The molecule has 25 heavy (non-hydrogen) atoms. The largest absolute Gasteiger partial charge is 0.342 e. The van der Waals surface area contributed by atoms with E-state index in [0.717, 1.165) is 42.8 Å². The number of nitrogens with zero attached hydrogens (tertiary/aromatic N) is 4. The number of fused-ring (bicyclic) bond motifs is 1. The Morgan fingerprint density at radius 2 is 1.84 bits per heavy atom. The molecule has 0 unspecified atom stereocenters. The number of hydrogen-bond acceptors (Lipinski definition) is 2. The summed E-state index contributed by atoms with van der Waals surface area (Å²) in [6, 6.07) is 17.0. The average Bonchev–Trinajstić information content (AvgIpc) is 3.32. The van der Waals surface area contributed by atoms with Crippen LogP contribution >= 0.6 is 0 Å². The Labute approximate surface area is 147 Å². The van der Waals surface area contributed by atoms with Crippen LogP contribution in [0.1, 0.15) is 12.0 Å². The van der Waals surface area contributed by atoms with Gasteiger partial charge in [0.25, 0.3) is 0 Å². The van der Waals surface area contributed by atoms with Gasteiger partial charge in [-0.3, -0.25) is 4.57 Å². The maximum atomic E-state index is 4.46. The Balaban J connectivity index is 1.32. The van der Waals surface area contributed by atoms with Crippen molar-refractivity contribution in [2.75, 3.05) is 6.54 Å². The molecule has 0 amide bonds. The van der Waals surface area contributed by atoms with Gasteiger partial charge < -0.3 is 9.88 Å². The highest BCUT2D eigenvalue weighted by molar-refractivity contribution is 5.77. The van der Waals surface area contributed by atoms with Crippen LogP contribution in [0, 0.1) is 0 Å². The molecule has 2 N–H and O–H groups in total. The van der Waals surface area contributed by atoms with E-state index in [1.165, 1.54) is 5.56 Å². The van der Waals surface area contributed by atoms with Crippen molar-refractivity contribution in [1.82, 2.24) is 19.1 Å². The minimum atomic E-state index is 1.01. The molecule has 0 spiro atoms. The van der Waals surface area contributed by atoms with Crippen LogP contribution in [-0.2, 0) is 13.1 Å². The first-order chi connectivity index (χ1) is 12.4. The second-order valence-corrected chi connectivity index (χ2v) is 6.21. The molecule has 0 atom stereocenters. The number of aromatic nitrogens is 4. The van der Waals surface area contributed by atoms with Gasteiger partial charge in [0.1, 0.15) is 12.9 Å². The molecule has 0 aliphatic heterocycles. The summed E-state index contributed by atoms with van der Waals surface area (Å²) in [5.74, 6) is 0. The third kappa shape index (κ3) is 3.61. The minimum absolute atomic E-state index is 1.01. The molecule has 0 saturated carbocycles. The standard InChI is InChI=1S/C20H21N5/c1-2-5-20-19(4-1)23-16-25(20)18-8-6-17(7-9-18)14-21-10-3-12-24-13-11-22-15-24/h1-2,4-9,11,13,15-16,21H,3,10,12,14H2/p+1. The summed E-state index contributed by atoms with van der Waals surface area (Å²) in [5.41, 5.74) is 4.66. The number of para-hydroxylation sites is 2. The lowest BCUT2D eigenvalue weighted by Gasteiger charge is -2.06. The van der Waals surface area contributed by atoms with E-state index in [-0.39, 0.29) is 0 Å². The SMILES string of the molecule is c1ccc2c(c1)ncn2-c1ccc(C[NH2+]CCCn2ccnc2)cc1. The maximum absolute atomic E-state index is 4.46. The first-order valence-corrected chi connectivity index (χ1v) is 8.69. The summed E-state index contributed by atoms with van der Waals surface area (Å²) in [6.45, 7) is 3.16. The van der Waals surface area contributed by atoms with Gasteiger partial charge >= 0.3 is 0 Å². The third-order valence-corrected chi connectivity index (χ3v) is 4.43. The van der Waals surface area contributed by atoms with Gasteiger partial charge in [0.05, 0.1) is 23.9 Å². The lowest BCUT2D eigenvalue weighted by Crippen LogP contribution is -2.82. The molecule has 126 valence electrons. The van der Waals surface area contributed by atoms with E-state index >= 15 is 0 Å². The van der Waals surface area contributed by atoms with E-state index < -0.39 is 0 Å². The number of nitrogens with two attached hydrogens (primary N) is 1. The monoisotopic (exact) mass is 332 g/mol. The quantitative estimate of drug-likeness (QED) is 0.528. The Hall–Kier alpha value is -2.92. The molecule has 0 bridgehead atoms. The Kier molecular flexibility index (Phi) is 4.57. The van der Waals surface area contributed by atoms with Gasteiger partial charge in [-0.15, -0.1) is 0 Å². The summed E-state index contributed by atoms with van der Waals surface area (Å²) in [7, 11) is 0. The van der Waals surface area contributed by atoms with E-state index in [9.17, 15) is 0 Å². The van der Waals surface area contributed by atoms with Crippen molar-refractivity contribution < 1.29 is 5.32 Å². The van der Waals surface area contributed by atoms with Crippen LogP contribution in [-0.4, -0.2) is 25.6 Å². The molecule has 5 heteroatoms.